The van der Waals surface area contributed by atoms with E-state index in [1.165, 1.54) is 0 Å². The third-order valence-corrected chi connectivity index (χ3v) is 3.97. The number of nitrogens with zero attached hydrogens (tertiary/aromatic N) is 1. The maximum atomic E-state index is 12.3. The fourth-order valence-electron chi connectivity index (χ4n) is 2.94. The number of para-hydroxylation sites is 1. The summed E-state index contributed by atoms with van der Waals surface area (Å²) >= 11 is 0. The summed E-state index contributed by atoms with van der Waals surface area (Å²) in [6.07, 6.45) is 4.03. The Bertz CT molecular complexity index is 513. The van der Waals surface area contributed by atoms with Gasteiger partial charge in [0.2, 0.25) is 0 Å². The van der Waals surface area contributed by atoms with Gasteiger partial charge in [-0.05, 0) is 31.9 Å². The molecule has 3 heteroatoms. The van der Waals surface area contributed by atoms with E-state index in [2.05, 4.69) is 4.90 Å². The predicted octanol–water partition coefficient (Wildman–Crippen LogP) is 2.72. The van der Waals surface area contributed by atoms with Gasteiger partial charge in [-0.1, -0.05) is 18.2 Å². The number of piperidine rings is 3. The van der Waals surface area contributed by atoms with Crippen molar-refractivity contribution in [1.82, 2.24) is 4.90 Å². The fourth-order valence-corrected chi connectivity index (χ4v) is 2.94. The van der Waals surface area contributed by atoms with E-state index in [1.807, 2.05) is 37.3 Å². The topological polar surface area (TPSA) is 29.5 Å². The van der Waals surface area contributed by atoms with Gasteiger partial charge in [-0.25, -0.2) is 0 Å². The molecule has 3 fully saturated rings. The fraction of sp³-hybridized carbons (Fsp3) is 0.438. The number of rotatable bonds is 3. The molecule has 1 aromatic rings. The number of fused-ring (bicyclic) bond motifs is 3. The molecule has 100 valence electrons. The minimum Gasteiger partial charge on any atom is -0.493 e. The third kappa shape index (κ3) is 2.25. The van der Waals surface area contributed by atoms with Gasteiger partial charge in [-0.15, -0.1) is 0 Å². The molecule has 0 spiro atoms. The molecule has 0 N–H and O–H groups in total. The Morgan fingerprint density at radius 1 is 1.32 bits per heavy atom. The lowest BCUT2D eigenvalue weighted by atomic mass is 9.84. The minimum atomic E-state index is 0.246. The first kappa shape index (κ1) is 12.3. The van der Waals surface area contributed by atoms with Crippen molar-refractivity contribution in [2.75, 3.05) is 19.7 Å². The molecule has 0 atom stereocenters. The number of carbonyl (C=O) groups is 1. The smallest absolute Gasteiger partial charge is 0.182 e. The van der Waals surface area contributed by atoms with Gasteiger partial charge >= 0.3 is 0 Å². The molecule has 0 unspecified atom stereocenters. The molecule has 0 amide bonds. The zero-order valence-corrected chi connectivity index (χ0v) is 11.3. The normalized spacial score (nSPS) is 21.2. The Morgan fingerprint density at radius 3 is 2.74 bits per heavy atom. The highest BCUT2D eigenvalue weighted by atomic mass is 16.5. The number of ether oxygens (including phenoxy) is 1. The Kier molecular flexibility index (Phi) is 3.28. The van der Waals surface area contributed by atoms with E-state index in [-0.39, 0.29) is 5.92 Å². The molecule has 3 aliphatic heterocycles. The lowest BCUT2D eigenvalue weighted by Gasteiger charge is -2.41. The summed E-state index contributed by atoms with van der Waals surface area (Å²) in [4.78, 5) is 14.5. The quantitative estimate of drug-likeness (QED) is 0.780. The Hall–Kier alpha value is -1.77. The average molecular weight is 257 g/mol. The lowest BCUT2D eigenvalue weighted by molar-refractivity contribution is -0.125. The van der Waals surface area contributed by atoms with Crippen LogP contribution in [0.5, 0.6) is 5.75 Å². The van der Waals surface area contributed by atoms with Crippen molar-refractivity contribution in [3.8, 4) is 5.75 Å². The third-order valence-electron chi connectivity index (χ3n) is 3.97. The maximum absolute atomic E-state index is 12.3. The first-order chi connectivity index (χ1) is 9.29. The van der Waals surface area contributed by atoms with Crippen LogP contribution in [0, 0.1) is 5.92 Å². The van der Waals surface area contributed by atoms with Crippen LogP contribution in [0.1, 0.15) is 25.3 Å². The van der Waals surface area contributed by atoms with Gasteiger partial charge in [0.05, 0.1) is 12.3 Å². The van der Waals surface area contributed by atoms with Crippen molar-refractivity contribution in [1.29, 1.82) is 0 Å². The molecule has 2 bridgehead atoms. The first-order valence-electron chi connectivity index (χ1n) is 7.02. The van der Waals surface area contributed by atoms with Gasteiger partial charge in [-0.3, -0.25) is 4.79 Å². The second-order valence-corrected chi connectivity index (χ2v) is 5.13. The second-order valence-electron chi connectivity index (χ2n) is 5.13. The zero-order valence-electron chi connectivity index (χ0n) is 11.3. The van der Waals surface area contributed by atoms with Crippen LogP contribution in [0.25, 0.3) is 6.08 Å². The molecule has 19 heavy (non-hydrogen) atoms. The van der Waals surface area contributed by atoms with E-state index < -0.39 is 0 Å². The van der Waals surface area contributed by atoms with E-state index in [4.69, 9.17) is 4.74 Å². The van der Waals surface area contributed by atoms with E-state index in [0.29, 0.717) is 12.4 Å². The van der Waals surface area contributed by atoms with E-state index in [9.17, 15) is 4.79 Å². The van der Waals surface area contributed by atoms with Crippen molar-refractivity contribution in [2.24, 2.45) is 5.92 Å². The molecule has 0 aromatic heterocycles. The van der Waals surface area contributed by atoms with Crippen molar-refractivity contribution >= 4 is 11.9 Å². The Labute approximate surface area is 113 Å². The molecule has 0 radical (unpaired) electrons. The van der Waals surface area contributed by atoms with Crippen molar-refractivity contribution in [3.63, 3.8) is 0 Å². The van der Waals surface area contributed by atoms with Crippen LogP contribution in [0.3, 0.4) is 0 Å². The number of benzene rings is 1. The molecule has 1 aromatic carbocycles. The number of hydrogen-bond acceptors (Lipinski definition) is 3. The van der Waals surface area contributed by atoms with E-state index >= 15 is 0 Å². The Balaban J connectivity index is 1.95. The number of Topliss-reactive ketones (excluding diaryl/α,β-unsaturated/α-hetero) is 1. The van der Waals surface area contributed by atoms with Gasteiger partial charge in [0.1, 0.15) is 5.75 Å². The maximum Gasteiger partial charge on any atom is 0.182 e. The van der Waals surface area contributed by atoms with Gasteiger partial charge in [0.25, 0.3) is 0 Å². The summed E-state index contributed by atoms with van der Waals surface area (Å²) in [6.45, 7) is 4.64. The predicted molar refractivity (Wildman–Crippen MR) is 74.9 cm³/mol. The standard InChI is InChI=1S/C16H19NO2/c1-2-19-15-6-4-3-5-13(15)11-14-16(18)12-7-9-17(14)10-8-12/h3-6,11-12H,2,7-10H2,1H3/b14-11-. The average Bonchev–Trinajstić information content (AvgIpc) is 2.45. The zero-order chi connectivity index (χ0) is 13.2. The minimum absolute atomic E-state index is 0.246. The molecule has 3 saturated heterocycles. The molecule has 0 aliphatic carbocycles. The Morgan fingerprint density at radius 2 is 2.05 bits per heavy atom. The SMILES string of the molecule is CCOc1ccccc1/C=C1/C(=O)C2CCN1CC2. The van der Waals surface area contributed by atoms with Crippen LogP contribution < -0.4 is 4.74 Å². The summed E-state index contributed by atoms with van der Waals surface area (Å²) in [5.41, 5.74) is 1.87. The van der Waals surface area contributed by atoms with Crippen LogP contribution in [-0.2, 0) is 4.79 Å². The van der Waals surface area contributed by atoms with E-state index in [1.54, 1.807) is 0 Å². The molecule has 3 nitrogen and oxygen atoms in total. The van der Waals surface area contributed by atoms with Crippen molar-refractivity contribution in [3.05, 3.63) is 35.5 Å². The van der Waals surface area contributed by atoms with Gasteiger partial charge in [-0.2, -0.15) is 0 Å². The lowest BCUT2D eigenvalue weighted by Crippen LogP contribution is -2.45. The summed E-state index contributed by atoms with van der Waals surface area (Å²) < 4.78 is 5.62. The number of ketones is 1. The largest absolute Gasteiger partial charge is 0.493 e. The van der Waals surface area contributed by atoms with Gasteiger partial charge in [0, 0.05) is 24.6 Å². The summed E-state index contributed by atoms with van der Waals surface area (Å²) in [5, 5.41) is 0. The summed E-state index contributed by atoms with van der Waals surface area (Å²) in [7, 11) is 0. The monoisotopic (exact) mass is 257 g/mol. The molecular formula is C16H19NO2. The molecular weight excluding hydrogens is 238 g/mol. The molecule has 3 aliphatic rings. The molecule has 3 heterocycles. The van der Waals surface area contributed by atoms with Crippen LogP contribution in [0.15, 0.2) is 30.0 Å². The number of carbonyl (C=O) groups excluding carboxylic acids is 1. The molecule has 0 saturated carbocycles. The first-order valence-corrected chi connectivity index (χ1v) is 7.02. The molecule has 4 rings (SSSR count). The summed E-state index contributed by atoms with van der Waals surface area (Å²) in [5.74, 6) is 1.41. The highest BCUT2D eigenvalue weighted by Gasteiger charge is 2.36. The van der Waals surface area contributed by atoms with Gasteiger partial charge in [0.15, 0.2) is 5.78 Å². The highest BCUT2D eigenvalue weighted by molar-refractivity contribution is 6.02. The van der Waals surface area contributed by atoms with Gasteiger partial charge < -0.3 is 9.64 Å². The van der Waals surface area contributed by atoms with Crippen LogP contribution in [-0.4, -0.2) is 30.4 Å². The van der Waals surface area contributed by atoms with Crippen LogP contribution in [0.2, 0.25) is 0 Å². The van der Waals surface area contributed by atoms with Crippen molar-refractivity contribution in [2.45, 2.75) is 19.8 Å². The highest BCUT2D eigenvalue weighted by Crippen LogP contribution is 2.33. The van der Waals surface area contributed by atoms with E-state index in [0.717, 1.165) is 42.9 Å². The van der Waals surface area contributed by atoms with Crippen LogP contribution >= 0.6 is 0 Å². The number of allylic oxidation sites excluding steroid dienone is 1. The number of hydrogen-bond donors (Lipinski definition) is 0. The summed E-state index contributed by atoms with van der Waals surface area (Å²) in [6, 6.07) is 7.91. The van der Waals surface area contributed by atoms with Crippen LogP contribution in [0.4, 0.5) is 0 Å². The van der Waals surface area contributed by atoms with Crippen molar-refractivity contribution < 1.29 is 9.53 Å². The second kappa shape index (κ2) is 5.08.